The molecule has 2 aliphatic rings. The number of anilines is 3. The molecule has 1 unspecified atom stereocenters. The van der Waals surface area contributed by atoms with Crippen LogP contribution in [0.4, 0.5) is 26.0 Å². The number of piperidine rings is 1. The van der Waals surface area contributed by atoms with E-state index in [-0.39, 0.29) is 41.2 Å². The number of H-pyrrole nitrogens is 1. The molecule has 12 heteroatoms. The number of fused-ring (bicyclic) bond motifs is 1. The number of nitrogens with zero attached hydrogens (tertiary/aromatic N) is 3. The molecule has 1 aliphatic carbocycles. The summed E-state index contributed by atoms with van der Waals surface area (Å²) in [6.45, 7) is 2.14. The molecule has 4 N–H and O–H groups in total. The fraction of sp³-hybridized carbons (Fsp3) is 0.310. The van der Waals surface area contributed by atoms with Gasteiger partial charge in [-0.25, -0.2) is 13.8 Å². The van der Waals surface area contributed by atoms with Crippen molar-refractivity contribution < 1.29 is 28.2 Å². The van der Waals surface area contributed by atoms with Crippen LogP contribution in [-0.2, 0) is 9.59 Å². The van der Waals surface area contributed by atoms with Crippen LogP contribution in [0.5, 0.6) is 11.5 Å². The first-order chi connectivity index (χ1) is 19.7. The molecule has 2 amide bonds. The molecule has 2 atom stereocenters. The number of aliphatic hydroxyl groups is 1. The Kier molecular flexibility index (Phi) is 6.78. The lowest BCUT2D eigenvalue weighted by atomic mass is 9.85. The fourth-order valence-electron chi connectivity index (χ4n) is 5.17. The molecule has 1 spiro atoms. The van der Waals surface area contributed by atoms with E-state index in [0.29, 0.717) is 35.5 Å². The van der Waals surface area contributed by atoms with E-state index >= 15 is 4.39 Å². The van der Waals surface area contributed by atoms with Crippen LogP contribution >= 0.6 is 0 Å². The lowest BCUT2D eigenvalue weighted by Gasteiger charge is -2.37. The molecule has 2 aromatic heterocycles. The summed E-state index contributed by atoms with van der Waals surface area (Å²) in [5, 5.41) is 22.5. The minimum absolute atomic E-state index is 0.0917. The molecule has 4 aromatic rings. The second-order valence-electron chi connectivity index (χ2n) is 10.7. The van der Waals surface area contributed by atoms with E-state index in [4.69, 9.17) is 4.74 Å². The summed E-state index contributed by atoms with van der Waals surface area (Å²) >= 11 is 0. The number of amides is 2. The second kappa shape index (κ2) is 10.4. The van der Waals surface area contributed by atoms with Crippen molar-refractivity contribution in [3.63, 3.8) is 0 Å². The zero-order chi connectivity index (χ0) is 28.7. The summed E-state index contributed by atoms with van der Waals surface area (Å²) in [5.74, 6) is -2.38. The van der Waals surface area contributed by atoms with E-state index in [1.165, 1.54) is 42.6 Å². The minimum atomic E-state index is -0.950. The Morgan fingerprint density at radius 2 is 1.98 bits per heavy atom. The summed E-state index contributed by atoms with van der Waals surface area (Å²) in [6.07, 6.45) is 3.70. The van der Waals surface area contributed by atoms with E-state index in [9.17, 15) is 19.1 Å². The summed E-state index contributed by atoms with van der Waals surface area (Å²) in [7, 11) is 0. The predicted octanol–water partition coefficient (Wildman–Crippen LogP) is 4.59. The first-order valence-electron chi connectivity index (χ1n) is 13.3. The number of aliphatic hydroxyl groups excluding tert-OH is 1. The maximum Gasteiger partial charge on any atom is 0.239 e. The Hall–Kier alpha value is -4.58. The second-order valence-corrected chi connectivity index (χ2v) is 10.7. The summed E-state index contributed by atoms with van der Waals surface area (Å²) in [5.41, 5.74) is 0.997. The highest BCUT2D eigenvalue weighted by molar-refractivity contribution is 6.12. The standard InChI is InChI=1S/C29H28F2N6O4/c1-16(14-38)33-26-24-23(8-11-32-25(24)35-36-26)41-22-7-4-18(12-21(22)31)34-27(39)20-13-29(9-10-29)15-37(28(20)40)19-5-2-17(30)3-6-19/h2-8,11-12,16,20,38H,9-10,13-15H2,1H3,(H,34,39)(H2,32,33,35,36)/t16-,20?/m1/s1. The maximum atomic E-state index is 15.2. The number of aromatic amines is 1. The molecule has 0 bridgehead atoms. The summed E-state index contributed by atoms with van der Waals surface area (Å²) in [6, 6.07) is 10.9. The number of nitrogens with one attached hydrogen (secondary N) is 3. The highest BCUT2D eigenvalue weighted by atomic mass is 19.1. The Morgan fingerprint density at radius 3 is 2.68 bits per heavy atom. The minimum Gasteiger partial charge on any atom is -0.453 e. The van der Waals surface area contributed by atoms with Crippen LogP contribution < -0.4 is 20.3 Å². The molecule has 1 saturated carbocycles. The van der Waals surface area contributed by atoms with Gasteiger partial charge in [-0.3, -0.25) is 14.7 Å². The largest absolute Gasteiger partial charge is 0.453 e. The number of benzene rings is 2. The van der Waals surface area contributed by atoms with Crippen LogP contribution in [0.25, 0.3) is 11.0 Å². The number of ether oxygens (including phenoxy) is 1. The van der Waals surface area contributed by atoms with E-state index in [1.54, 1.807) is 17.9 Å². The van der Waals surface area contributed by atoms with Crippen molar-refractivity contribution in [2.24, 2.45) is 11.3 Å². The van der Waals surface area contributed by atoms with E-state index < -0.39 is 23.5 Å². The van der Waals surface area contributed by atoms with Crippen LogP contribution in [0.1, 0.15) is 26.2 Å². The molecule has 3 heterocycles. The van der Waals surface area contributed by atoms with Gasteiger partial charge in [0.2, 0.25) is 11.8 Å². The van der Waals surface area contributed by atoms with Crippen molar-refractivity contribution in [3.8, 4) is 11.5 Å². The van der Waals surface area contributed by atoms with Gasteiger partial charge in [-0.05, 0) is 68.0 Å². The molecule has 0 radical (unpaired) electrons. The van der Waals surface area contributed by atoms with Crippen molar-refractivity contribution in [3.05, 3.63) is 66.4 Å². The smallest absolute Gasteiger partial charge is 0.239 e. The highest BCUT2D eigenvalue weighted by Gasteiger charge is 2.53. The van der Waals surface area contributed by atoms with Crippen LogP contribution in [-0.4, -0.2) is 51.3 Å². The molecule has 10 nitrogen and oxygen atoms in total. The molecule has 2 aromatic carbocycles. The Labute approximate surface area is 233 Å². The van der Waals surface area contributed by atoms with Crippen LogP contribution in [0.15, 0.2) is 54.7 Å². The van der Waals surface area contributed by atoms with Gasteiger partial charge in [0, 0.05) is 42.3 Å². The van der Waals surface area contributed by atoms with Crippen molar-refractivity contribution in [2.45, 2.75) is 32.2 Å². The number of rotatable bonds is 8. The van der Waals surface area contributed by atoms with E-state index in [0.717, 1.165) is 18.9 Å². The highest BCUT2D eigenvalue weighted by Crippen LogP contribution is 2.54. The predicted molar refractivity (Wildman–Crippen MR) is 148 cm³/mol. The van der Waals surface area contributed by atoms with Gasteiger partial charge in [0.1, 0.15) is 22.9 Å². The number of aromatic nitrogens is 3. The first-order valence-corrected chi connectivity index (χ1v) is 13.3. The summed E-state index contributed by atoms with van der Waals surface area (Å²) < 4.78 is 34.5. The average Bonchev–Trinajstić information content (AvgIpc) is 3.59. The molecule has 2 fully saturated rings. The van der Waals surface area contributed by atoms with Gasteiger partial charge in [0.25, 0.3) is 0 Å². The van der Waals surface area contributed by atoms with Gasteiger partial charge in [0.05, 0.1) is 6.61 Å². The topological polar surface area (TPSA) is 132 Å². The maximum absolute atomic E-state index is 15.2. The Morgan fingerprint density at radius 1 is 1.20 bits per heavy atom. The number of hydrogen-bond donors (Lipinski definition) is 4. The zero-order valence-corrected chi connectivity index (χ0v) is 22.2. The Balaban J connectivity index is 1.19. The van der Waals surface area contributed by atoms with Gasteiger partial charge >= 0.3 is 0 Å². The lowest BCUT2D eigenvalue weighted by molar-refractivity contribution is -0.133. The first kappa shape index (κ1) is 26.6. The number of carbonyl (C=O) groups excluding carboxylic acids is 2. The third kappa shape index (κ3) is 5.30. The third-order valence-corrected chi connectivity index (χ3v) is 7.61. The molecule has 1 saturated heterocycles. The lowest BCUT2D eigenvalue weighted by Crippen LogP contribution is -2.50. The van der Waals surface area contributed by atoms with Crippen LogP contribution in [0, 0.1) is 23.0 Å². The quantitative estimate of drug-likeness (QED) is 0.231. The summed E-state index contributed by atoms with van der Waals surface area (Å²) in [4.78, 5) is 32.4. The van der Waals surface area contributed by atoms with Gasteiger partial charge in [-0.15, -0.1) is 0 Å². The van der Waals surface area contributed by atoms with E-state index in [1.807, 2.05) is 0 Å². The molecule has 1 aliphatic heterocycles. The monoisotopic (exact) mass is 562 g/mol. The number of pyridine rings is 1. The number of hydrogen-bond acceptors (Lipinski definition) is 7. The van der Waals surface area contributed by atoms with Crippen LogP contribution in [0.2, 0.25) is 0 Å². The van der Waals surface area contributed by atoms with Gasteiger partial charge in [0.15, 0.2) is 23.0 Å². The van der Waals surface area contributed by atoms with Gasteiger partial charge in [-0.2, -0.15) is 5.10 Å². The van der Waals surface area contributed by atoms with Gasteiger partial charge < -0.3 is 25.4 Å². The number of carbonyl (C=O) groups is 2. The average molecular weight is 563 g/mol. The van der Waals surface area contributed by atoms with Gasteiger partial charge in [-0.1, -0.05) is 0 Å². The SMILES string of the molecule is C[C@H](CO)Nc1n[nH]c2nccc(Oc3ccc(NC(=O)C4CC5(CC5)CN(c5ccc(F)cc5)C4=O)cc3F)c12. The zero-order valence-electron chi connectivity index (χ0n) is 22.2. The van der Waals surface area contributed by atoms with E-state index in [2.05, 4.69) is 25.8 Å². The molecular formula is C29H28F2N6O4. The normalized spacial score (nSPS) is 18.4. The number of halogens is 2. The Bertz CT molecular complexity index is 1620. The molecule has 6 rings (SSSR count). The third-order valence-electron chi connectivity index (χ3n) is 7.61. The van der Waals surface area contributed by atoms with Crippen molar-refractivity contribution in [1.29, 1.82) is 0 Å². The fourth-order valence-corrected chi connectivity index (χ4v) is 5.17. The van der Waals surface area contributed by atoms with Crippen LogP contribution in [0.3, 0.4) is 0 Å². The molecule has 212 valence electrons. The van der Waals surface area contributed by atoms with Crippen molar-refractivity contribution in [1.82, 2.24) is 15.2 Å². The van der Waals surface area contributed by atoms with Crippen molar-refractivity contribution in [2.75, 3.05) is 28.7 Å². The molecule has 41 heavy (non-hydrogen) atoms. The molecular weight excluding hydrogens is 534 g/mol. The van der Waals surface area contributed by atoms with Crippen molar-refractivity contribution >= 4 is 40.0 Å².